The minimum Gasteiger partial charge on any atom is -0.355 e. The molecule has 0 saturated carbocycles. The molecule has 5 rings (SSSR count). The van der Waals surface area contributed by atoms with E-state index in [0.717, 1.165) is 26.9 Å². The quantitative estimate of drug-likeness (QED) is 0.314. The van der Waals surface area contributed by atoms with E-state index < -0.39 is 0 Å². The fourth-order valence-corrected chi connectivity index (χ4v) is 4.67. The average molecular weight is 461 g/mol. The normalized spacial score (nSPS) is 11.1. The maximum atomic E-state index is 13.6. The molecule has 0 atom stereocenters. The van der Waals surface area contributed by atoms with Crippen LogP contribution in [-0.2, 0) is 6.54 Å². The molecule has 6 nitrogen and oxygen atoms in total. The van der Waals surface area contributed by atoms with Crippen LogP contribution in [0.25, 0.3) is 21.5 Å². The summed E-state index contributed by atoms with van der Waals surface area (Å²) in [6, 6.07) is 18.7. The Labute approximate surface area is 193 Å². The molecule has 0 bridgehead atoms. The van der Waals surface area contributed by atoms with Crippen molar-refractivity contribution in [1.82, 2.24) is 15.1 Å². The summed E-state index contributed by atoms with van der Waals surface area (Å²) >= 11 is 7.78. The largest absolute Gasteiger partial charge is 0.355 e. The minimum absolute atomic E-state index is 0.204. The van der Waals surface area contributed by atoms with Crippen molar-refractivity contribution in [3.63, 3.8) is 0 Å². The van der Waals surface area contributed by atoms with Crippen LogP contribution >= 0.6 is 22.9 Å². The molecule has 158 valence electrons. The van der Waals surface area contributed by atoms with Gasteiger partial charge in [0.2, 0.25) is 0 Å². The SMILES string of the molecule is Cc1ccc(Cl)c2sc(N(Cc3cccnc3)C(=O)c3cc(-c4ccccc4)on3)nc12. The number of carbonyl (C=O) groups is 1. The van der Waals surface area contributed by atoms with Crippen molar-refractivity contribution >= 4 is 44.2 Å². The summed E-state index contributed by atoms with van der Waals surface area (Å²) in [5.74, 6) is 0.214. The van der Waals surface area contributed by atoms with Gasteiger partial charge in [-0.25, -0.2) is 4.98 Å². The summed E-state index contributed by atoms with van der Waals surface area (Å²) in [6.45, 7) is 2.26. The highest BCUT2D eigenvalue weighted by Crippen LogP contribution is 2.36. The first-order valence-corrected chi connectivity index (χ1v) is 11.1. The van der Waals surface area contributed by atoms with E-state index in [0.29, 0.717) is 15.9 Å². The standard InChI is InChI=1S/C24H17ClN4O2S/c1-15-9-10-18(25)22-21(15)27-24(32-22)29(14-16-6-5-11-26-13-16)23(30)19-12-20(31-28-19)17-7-3-2-4-8-17/h2-13H,14H2,1H3. The Balaban J connectivity index is 1.56. The summed E-state index contributed by atoms with van der Waals surface area (Å²) in [4.78, 5) is 24.1. The lowest BCUT2D eigenvalue weighted by Gasteiger charge is -2.18. The van der Waals surface area contributed by atoms with Gasteiger partial charge in [-0.1, -0.05) is 70.6 Å². The highest BCUT2D eigenvalue weighted by Gasteiger charge is 2.26. The van der Waals surface area contributed by atoms with Gasteiger partial charge in [0.25, 0.3) is 5.91 Å². The lowest BCUT2D eigenvalue weighted by Crippen LogP contribution is -2.30. The van der Waals surface area contributed by atoms with Crippen LogP contribution in [0.2, 0.25) is 5.02 Å². The molecule has 2 aromatic carbocycles. The van der Waals surface area contributed by atoms with Crippen LogP contribution < -0.4 is 4.90 Å². The van der Waals surface area contributed by atoms with Crippen LogP contribution in [0.4, 0.5) is 5.13 Å². The predicted octanol–water partition coefficient (Wildman–Crippen LogP) is 6.16. The number of pyridine rings is 1. The first kappa shape index (κ1) is 20.4. The van der Waals surface area contributed by atoms with Crippen molar-refractivity contribution < 1.29 is 9.32 Å². The van der Waals surface area contributed by atoms with Crippen molar-refractivity contribution in [1.29, 1.82) is 0 Å². The van der Waals surface area contributed by atoms with Crippen LogP contribution in [0.3, 0.4) is 0 Å². The molecule has 8 heteroatoms. The molecule has 0 aliphatic rings. The fourth-order valence-electron chi connectivity index (χ4n) is 3.36. The van der Waals surface area contributed by atoms with Gasteiger partial charge in [-0.15, -0.1) is 0 Å². The molecule has 3 heterocycles. The lowest BCUT2D eigenvalue weighted by molar-refractivity contribution is 0.0976. The Morgan fingerprint density at radius 1 is 1.12 bits per heavy atom. The third kappa shape index (κ3) is 3.88. The Bertz CT molecular complexity index is 1360. The summed E-state index contributed by atoms with van der Waals surface area (Å²) < 4.78 is 6.30. The monoisotopic (exact) mass is 460 g/mol. The van der Waals surface area contributed by atoms with Gasteiger partial charge in [-0.05, 0) is 30.2 Å². The number of aryl methyl sites for hydroxylation is 1. The molecule has 0 unspecified atom stereocenters. The summed E-state index contributed by atoms with van der Waals surface area (Å²) in [6.07, 6.45) is 3.42. The Hall–Kier alpha value is -3.55. The van der Waals surface area contributed by atoms with E-state index in [2.05, 4.69) is 10.1 Å². The molecule has 0 aliphatic heterocycles. The van der Waals surface area contributed by atoms with Crippen molar-refractivity contribution in [3.05, 3.63) is 94.9 Å². The molecule has 0 saturated heterocycles. The van der Waals surface area contributed by atoms with Crippen LogP contribution in [0.1, 0.15) is 21.6 Å². The Kier molecular flexibility index (Phi) is 5.43. The molecule has 1 amide bonds. The molecule has 0 aliphatic carbocycles. The van der Waals surface area contributed by atoms with E-state index in [1.54, 1.807) is 23.4 Å². The number of hydrogen-bond donors (Lipinski definition) is 0. The van der Waals surface area contributed by atoms with Crippen LogP contribution in [0, 0.1) is 6.92 Å². The molecule has 0 spiro atoms. The number of halogens is 1. The number of nitrogens with zero attached hydrogens (tertiary/aromatic N) is 4. The van der Waals surface area contributed by atoms with Gasteiger partial charge in [0.1, 0.15) is 0 Å². The number of benzene rings is 2. The topological polar surface area (TPSA) is 72.1 Å². The first-order valence-electron chi connectivity index (χ1n) is 9.89. The van der Waals surface area contributed by atoms with Crippen molar-refractivity contribution in [2.45, 2.75) is 13.5 Å². The summed E-state index contributed by atoms with van der Waals surface area (Å²) in [7, 11) is 0. The van der Waals surface area contributed by atoms with Gasteiger partial charge in [0, 0.05) is 24.0 Å². The second kappa shape index (κ2) is 8.53. The second-order valence-electron chi connectivity index (χ2n) is 7.23. The average Bonchev–Trinajstić information content (AvgIpc) is 3.50. The second-order valence-corrected chi connectivity index (χ2v) is 8.62. The van der Waals surface area contributed by atoms with Gasteiger partial charge in [0.05, 0.1) is 21.8 Å². The number of rotatable bonds is 5. The highest BCUT2D eigenvalue weighted by atomic mass is 35.5. The van der Waals surface area contributed by atoms with Crippen LogP contribution in [-0.4, -0.2) is 21.0 Å². The van der Waals surface area contributed by atoms with Gasteiger partial charge in [-0.3, -0.25) is 14.7 Å². The van der Waals surface area contributed by atoms with Crippen molar-refractivity contribution in [3.8, 4) is 11.3 Å². The lowest BCUT2D eigenvalue weighted by atomic mass is 10.1. The fraction of sp³-hybridized carbons (Fsp3) is 0.0833. The maximum absolute atomic E-state index is 13.6. The molecule has 32 heavy (non-hydrogen) atoms. The van der Waals surface area contributed by atoms with Crippen molar-refractivity contribution in [2.75, 3.05) is 4.90 Å². The number of thiazole rings is 1. The maximum Gasteiger partial charge on any atom is 0.282 e. The molecule has 3 aromatic heterocycles. The summed E-state index contributed by atoms with van der Waals surface area (Å²) in [5.41, 5.74) is 3.70. The third-order valence-electron chi connectivity index (χ3n) is 5.01. The number of hydrogen-bond acceptors (Lipinski definition) is 6. The number of aromatic nitrogens is 3. The molecule has 0 fully saturated rings. The first-order chi connectivity index (χ1) is 15.6. The number of anilines is 1. The van der Waals surface area contributed by atoms with E-state index in [-0.39, 0.29) is 18.1 Å². The molecule has 0 radical (unpaired) electrons. The smallest absolute Gasteiger partial charge is 0.282 e. The molecular weight excluding hydrogens is 444 g/mol. The van der Waals surface area contributed by atoms with Crippen LogP contribution in [0.5, 0.6) is 0 Å². The van der Waals surface area contributed by atoms with Gasteiger partial charge in [-0.2, -0.15) is 0 Å². The Morgan fingerprint density at radius 3 is 2.72 bits per heavy atom. The van der Waals surface area contributed by atoms with Gasteiger partial charge < -0.3 is 4.52 Å². The van der Waals surface area contributed by atoms with Crippen LogP contribution in [0.15, 0.2) is 77.6 Å². The van der Waals surface area contributed by atoms with E-state index in [1.165, 1.54) is 11.3 Å². The number of carbonyl (C=O) groups excluding carboxylic acids is 1. The van der Waals surface area contributed by atoms with Gasteiger partial charge >= 0.3 is 0 Å². The predicted molar refractivity (Wildman–Crippen MR) is 126 cm³/mol. The van der Waals surface area contributed by atoms with E-state index >= 15 is 0 Å². The Morgan fingerprint density at radius 2 is 1.97 bits per heavy atom. The third-order valence-corrected chi connectivity index (χ3v) is 6.55. The van der Waals surface area contributed by atoms with E-state index in [9.17, 15) is 4.79 Å². The van der Waals surface area contributed by atoms with E-state index in [1.807, 2.05) is 61.5 Å². The van der Waals surface area contributed by atoms with Gasteiger partial charge in [0.15, 0.2) is 16.6 Å². The number of amides is 1. The zero-order chi connectivity index (χ0) is 22.1. The molecule has 5 aromatic rings. The zero-order valence-electron chi connectivity index (χ0n) is 17.0. The van der Waals surface area contributed by atoms with Crippen molar-refractivity contribution in [2.24, 2.45) is 0 Å². The minimum atomic E-state index is -0.312. The molecular formula is C24H17ClN4O2S. The number of fused-ring (bicyclic) bond motifs is 1. The highest BCUT2D eigenvalue weighted by molar-refractivity contribution is 7.23. The summed E-state index contributed by atoms with van der Waals surface area (Å²) in [5, 5.41) is 5.18. The molecule has 0 N–H and O–H groups in total. The zero-order valence-corrected chi connectivity index (χ0v) is 18.6. The van der Waals surface area contributed by atoms with E-state index in [4.69, 9.17) is 21.1 Å².